The van der Waals surface area contributed by atoms with Crippen LogP contribution >= 0.6 is 0 Å². The first-order chi connectivity index (χ1) is 9.10. The number of nitrogens with zero attached hydrogens (tertiary/aromatic N) is 3. The van der Waals surface area contributed by atoms with Gasteiger partial charge in [0.25, 0.3) is 0 Å². The van der Waals surface area contributed by atoms with Gasteiger partial charge in [0.2, 0.25) is 5.91 Å². The van der Waals surface area contributed by atoms with E-state index < -0.39 is 12.1 Å². The first-order valence-corrected chi connectivity index (χ1v) is 6.46. The van der Waals surface area contributed by atoms with Crippen molar-refractivity contribution in [2.24, 2.45) is 0 Å². The number of carbonyl (C=O) groups is 1. The van der Waals surface area contributed by atoms with Crippen LogP contribution in [0, 0.1) is 0 Å². The Kier molecular flexibility index (Phi) is 6.44. The number of rotatable bonds is 8. The van der Waals surface area contributed by atoms with E-state index >= 15 is 0 Å². The molecule has 7 nitrogen and oxygen atoms in total. The number of methoxy groups -OCH3 is 1. The SMILES string of the molecule is CCC(O)c1cn(C(C)C(=O)NCCCOC)nn1. The maximum Gasteiger partial charge on any atom is 0.244 e. The predicted octanol–water partition coefficient (Wildman–Crippen LogP) is 0.435. The van der Waals surface area contributed by atoms with Crippen LogP contribution in [0.2, 0.25) is 0 Å². The van der Waals surface area contributed by atoms with Crippen LogP contribution in [-0.4, -0.2) is 46.3 Å². The fraction of sp³-hybridized carbons (Fsp3) is 0.750. The first kappa shape index (κ1) is 15.6. The molecule has 2 N–H and O–H groups in total. The highest BCUT2D eigenvalue weighted by Crippen LogP contribution is 2.14. The van der Waals surface area contributed by atoms with E-state index in [1.165, 1.54) is 4.68 Å². The summed E-state index contributed by atoms with van der Waals surface area (Å²) >= 11 is 0. The molecule has 1 rings (SSSR count). The molecule has 0 saturated heterocycles. The van der Waals surface area contributed by atoms with Gasteiger partial charge in [-0.05, 0) is 19.8 Å². The molecule has 0 aliphatic carbocycles. The summed E-state index contributed by atoms with van der Waals surface area (Å²) in [5.74, 6) is -0.126. The smallest absolute Gasteiger partial charge is 0.244 e. The Morgan fingerprint density at radius 2 is 2.37 bits per heavy atom. The number of hydrogen-bond acceptors (Lipinski definition) is 5. The summed E-state index contributed by atoms with van der Waals surface area (Å²) in [6, 6.07) is -0.451. The topological polar surface area (TPSA) is 89.3 Å². The molecule has 1 aromatic heterocycles. The molecule has 0 aromatic carbocycles. The molecular weight excluding hydrogens is 248 g/mol. The lowest BCUT2D eigenvalue weighted by Gasteiger charge is -2.11. The Bertz CT molecular complexity index is 394. The summed E-state index contributed by atoms with van der Waals surface area (Å²) in [6.45, 7) is 4.78. The number of nitrogens with one attached hydrogen (secondary N) is 1. The molecule has 0 radical (unpaired) electrons. The fourth-order valence-electron chi connectivity index (χ4n) is 1.54. The molecule has 0 bridgehead atoms. The molecule has 1 heterocycles. The second-order valence-electron chi connectivity index (χ2n) is 4.36. The van der Waals surface area contributed by atoms with E-state index in [1.54, 1.807) is 20.2 Å². The Hall–Kier alpha value is -1.47. The molecule has 7 heteroatoms. The van der Waals surface area contributed by atoms with E-state index in [4.69, 9.17) is 4.74 Å². The van der Waals surface area contributed by atoms with Crippen molar-refractivity contribution in [2.75, 3.05) is 20.3 Å². The van der Waals surface area contributed by atoms with E-state index in [1.807, 2.05) is 6.92 Å². The normalized spacial score (nSPS) is 14.1. The van der Waals surface area contributed by atoms with Gasteiger partial charge in [-0.2, -0.15) is 0 Å². The van der Waals surface area contributed by atoms with Crippen molar-refractivity contribution in [3.05, 3.63) is 11.9 Å². The summed E-state index contributed by atoms with van der Waals surface area (Å²) in [6.07, 6.45) is 2.31. The number of ether oxygens (including phenoxy) is 1. The van der Waals surface area contributed by atoms with Crippen LogP contribution in [0.1, 0.15) is 44.5 Å². The van der Waals surface area contributed by atoms with Gasteiger partial charge in [0.15, 0.2) is 0 Å². The minimum absolute atomic E-state index is 0.126. The number of hydrogen-bond donors (Lipinski definition) is 2. The van der Waals surface area contributed by atoms with Crippen LogP contribution in [-0.2, 0) is 9.53 Å². The molecule has 0 fully saturated rings. The standard InChI is InChI=1S/C12H22N4O3/c1-4-11(17)10-8-16(15-14-10)9(2)12(18)13-6-5-7-19-3/h8-9,11,17H,4-7H2,1-3H3,(H,13,18). The lowest BCUT2D eigenvalue weighted by atomic mass is 10.2. The highest BCUT2D eigenvalue weighted by molar-refractivity contribution is 5.79. The first-order valence-electron chi connectivity index (χ1n) is 6.46. The van der Waals surface area contributed by atoms with Crippen molar-refractivity contribution in [3.63, 3.8) is 0 Å². The van der Waals surface area contributed by atoms with E-state index in [-0.39, 0.29) is 5.91 Å². The van der Waals surface area contributed by atoms with Crippen molar-refractivity contribution in [1.82, 2.24) is 20.3 Å². The van der Waals surface area contributed by atoms with Gasteiger partial charge < -0.3 is 15.2 Å². The Balaban J connectivity index is 2.49. The van der Waals surface area contributed by atoms with Crippen LogP contribution in [0.25, 0.3) is 0 Å². The second kappa shape index (κ2) is 7.85. The molecular formula is C12H22N4O3. The van der Waals surface area contributed by atoms with Gasteiger partial charge in [-0.15, -0.1) is 5.10 Å². The van der Waals surface area contributed by atoms with E-state index in [9.17, 15) is 9.90 Å². The number of aromatic nitrogens is 3. The van der Waals surface area contributed by atoms with Crippen molar-refractivity contribution in [3.8, 4) is 0 Å². The zero-order valence-corrected chi connectivity index (χ0v) is 11.7. The predicted molar refractivity (Wildman–Crippen MR) is 69.5 cm³/mol. The number of carbonyl (C=O) groups excluding carboxylic acids is 1. The number of amides is 1. The maximum atomic E-state index is 11.9. The summed E-state index contributed by atoms with van der Waals surface area (Å²) in [7, 11) is 1.63. The third kappa shape index (κ3) is 4.60. The van der Waals surface area contributed by atoms with Crippen LogP contribution in [0.5, 0.6) is 0 Å². The van der Waals surface area contributed by atoms with E-state index in [0.29, 0.717) is 25.3 Å². The minimum atomic E-state index is -0.634. The molecule has 0 spiro atoms. The zero-order valence-electron chi connectivity index (χ0n) is 11.7. The van der Waals surface area contributed by atoms with Gasteiger partial charge in [-0.25, -0.2) is 4.68 Å². The summed E-state index contributed by atoms with van der Waals surface area (Å²) in [4.78, 5) is 11.9. The zero-order chi connectivity index (χ0) is 14.3. The summed E-state index contributed by atoms with van der Waals surface area (Å²) in [5.41, 5.74) is 0.488. The molecule has 19 heavy (non-hydrogen) atoms. The van der Waals surface area contributed by atoms with Gasteiger partial charge in [0.1, 0.15) is 11.7 Å². The Morgan fingerprint density at radius 1 is 1.63 bits per heavy atom. The third-order valence-electron chi connectivity index (χ3n) is 2.86. The van der Waals surface area contributed by atoms with Crippen LogP contribution < -0.4 is 5.32 Å². The van der Waals surface area contributed by atoms with E-state index in [2.05, 4.69) is 15.6 Å². The largest absolute Gasteiger partial charge is 0.387 e. The lowest BCUT2D eigenvalue weighted by Crippen LogP contribution is -2.32. The Labute approximate surface area is 112 Å². The van der Waals surface area contributed by atoms with Gasteiger partial charge >= 0.3 is 0 Å². The van der Waals surface area contributed by atoms with Gasteiger partial charge in [-0.1, -0.05) is 12.1 Å². The monoisotopic (exact) mass is 270 g/mol. The lowest BCUT2D eigenvalue weighted by molar-refractivity contribution is -0.124. The molecule has 0 saturated carbocycles. The quantitative estimate of drug-likeness (QED) is 0.669. The van der Waals surface area contributed by atoms with Gasteiger partial charge in [-0.3, -0.25) is 4.79 Å². The van der Waals surface area contributed by atoms with Crippen LogP contribution in [0.3, 0.4) is 0 Å². The fourth-order valence-corrected chi connectivity index (χ4v) is 1.54. The molecule has 1 aromatic rings. The van der Waals surface area contributed by atoms with Crippen molar-refractivity contribution >= 4 is 5.91 Å². The highest BCUT2D eigenvalue weighted by atomic mass is 16.5. The molecule has 0 aliphatic rings. The number of aliphatic hydroxyl groups is 1. The average molecular weight is 270 g/mol. The van der Waals surface area contributed by atoms with Gasteiger partial charge in [0.05, 0.1) is 12.3 Å². The third-order valence-corrected chi connectivity index (χ3v) is 2.86. The summed E-state index contributed by atoms with van der Waals surface area (Å²) in [5, 5.41) is 20.2. The van der Waals surface area contributed by atoms with Crippen molar-refractivity contribution in [1.29, 1.82) is 0 Å². The van der Waals surface area contributed by atoms with Crippen molar-refractivity contribution in [2.45, 2.75) is 38.8 Å². The number of aliphatic hydroxyl groups excluding tert-OH is 1. The van der Waals surface area contributed by atoms with Crippen molar-refractivity contribution < 1.29 is 14.6 Å². The minimum Gasteiger partial charge on any atom is -0.387 e. The molecule has 108 valence electrons. The molecule has 2 unspecified atom stereocenters. The highest BCUT2D eigenvalue weighted by Gasteiger charge is 2.18. The van der Waals surface area contributed by atoms with Crippen LogP contribution in [0.15, 0.2) is 6.20 Å². The Morgan fingerprint density at radius 3 is 3.00 bits per heavy atom. The molecule has 2 atom stereocenters. The molecule has 1 amide bonds. The van der Waals surface area contributed by atoms with E-state index in [0.717, 1.165) is 6.42 Å². The maximum absolute atomic E-state index is 11.9. The summed E-state index contributed by atoms with van der Waals surface area (Å²) < 4.78 is 6.36. The average Bonchev–Trinajstić information content (AvgIpc) is 2.91. The molecule has 0 aliphatic heterocycles. The van der Waals surface area contributed by atoms with Gasteiger partial charge in [0, 0.05) is 20.3 Å². The van der Waals surface area contributed by atoms with Crippen LogP contribution in [0.4, 0.5) is 0 Å². The second-order valence-corrected chi connectivity index (χ2v) is 4.36.